The smallest absolute Gasteiger partial charge is 0.118 e. The lowest BCUT2D eigenvalue weighted by Gasteiger charge is -2.21. The Bertz CT molecular complexity index is 8200. The van der Waals surface area contributed by atoms with Gasteiger partial charge >= 0.3 is 0 Å². The van der Waals surface area contributed by atoms with Crippen LogP contribution >= 0.6 is 0 Å². The van der Waals surface area contributed by atoms with Crippen molar-refractivity contribution in [2.24, 2.45) is 0 Å². The summed E-state index contributed by atoms with van der Waals surface area (Å²) in [5, 5.41) is 30.8. The largest absolute Gasteiger partial charge is 0.497 e. The zero-order valence-electron chi connectivity index (χ0n) is 68.2. The van der Waals surface area contributed by atoms with Gasteiger partial charge in [-0.25, -0.2) is 0 Å². The van der Waals surface area contributed by atoms with Crippen LogP contribution in [0.15, 0.2) is 425 Å². The van der Waals surface area contributed by atoms with Crippen LogP contribution in [0.4, 0.5) is 0 Å². The number of hydrogen-bond acceptors (Lipinski definition) is 2. The summed E-state index contributed by atoms with van der Waals surface area (Å²) in [6.07, 6.45) is 0. The SMILES string of the molecule is COc1ccc(-c2c3c(c(-c4ccc(OC)cc4)c4ccccc24)-c2cccc4cccc-3c24)cc1.c1ccc2cc(-c3c4c(c(-c5ccc6ccccc6c5)c5ccccc35)-c3cccc5cccc-4c35)ccc2c1.c1ccc2cc3cc(-c4c5c(c(-c6ccc7cc8ccccc8cc7c6)c6ccccc46)-c4cccc6cccc-5c46)ccc3cc2c1. The second-order valence-corrected chi connectivity index (χ2v) is 33.4. The van der Waals surface area contributed by atoms with Gasteiger partial charge in [-0.05, 0) is 336 Å². The zero-order chi connectivity index (χ0) is 81.8. The van der Waals surface area contributed by atoms with Crippen LogP contribution in [-0.2, 0) is 0 Å². The Hall–Kier alpha value is -16.0. The van der Waals surface area contributed by atoms with E-state index in [9.17, 15) is 0 Å². The monoisotopic (exact) mass is 1570 g/mol. The van der Waals surface area contributed by atoms with E-state index in [1.54, 1.807) is 14.2 Å². The molecule has 0 radical (unpaired) electrons. The molecule has 0 aromatic heterocycles. The van der Waals surface area contributed by atoms with E-state index in [2.05, 4.69) is 425 Å². The molecule has 0 unspecified atom stereocenters. The minimum absolute atomic E-state index is 0.861. The molecule has 3 aliphatic carbocycles. The quantitative estimate of drug-likeness (QED) is 0.141. The van der Waals surface area contributed by atoms with Gasteiger partial charge in [-0.15, -0.1) is 0 Å². The first-order valence-corrected chi connectivity index (χ1v) is 42.9. The van der Waals surface area contributed by atoms with Crippen molar-refractivity contribution in [1.29, 1.82) is 0 Å². The molecule has 3 aliphatic rings. The van der Waals surface area contributed by atoms with E-state index in [0.717, 1.165) is 11.5 Å². The van der Waals surface area contributed by atoms with Gasteiger partial charge in [0.2, 0.25) is 0 Å². The average molecular weight is 1570 g/mol. The third kappa shape index (κ3) is 11.1. The summed E-state index contributed by atoms with van der Waals surface area (Å²) < 4.78 is 10.9. The highest BCUT2D eigenvalue weighted by atomic mass is 16.5. The standard InChI is InChI=1S/C48H28.C40H24.C34H24O2/c1-3-11-32-25-38-27-36(21-19-34(38)23-30(32)9-1)45-40-15-5-6-16-41(40)46(48-43-18-8-14-29-13-7-17-42(44(29)43)47(45)48)37-22-20-35-24-31-10-2-4-12-33(31)26-39(35)28-37;1-3-11-28-23-30(21-19-25(28)9-1)37-32-15-5-6-16-33(32)38(31-22-20-26-10-2-4-12-29(26)24-31)40-35-18-8-14-27-13-7-17-34(36(27)35)39(37)40;1-35-24-17-13-22(14-18-24)31-26-9-3-4-10-27(26)32(23-15-19-25(36-2)20-16-23)34-29-12-6-8-21-7-5-11-28(30(21)29)33(31)34/h1-28H;1-24H;3-20H,1-2H3. The fourth-order valence-electron chi connectivity index (χ4n) is 21.4. The number of rotatable bonds is 8. The molecule has 0 heterocycles. The van der Waals surface area contributed by atoms with E-state index in [0.29, 0.717) is 0 Å². The zero-order valence-corrected chi connectivity index (χ0v) is 68.2. The van der Waals surface area contributed by atoms with Crippen LogP contribution in [-0.4, -0.2) is 14.2 Å². The number of methoxy groups -OCH3 is 2. The fourth-order valence-corrected chi connectivity index (χ4v) is 21.4. The molecular weight excluding hydrogens is 1500 g/mol. The van der Waals surface area contributed by atoms with Gasteiger partial charge in [0.1, 0.15) is 11.5 Å². The van der Waals surface area contributed by atoms with Crippen molar-refractivity contribution in [3.63, 3.8) is 0 Å². The molecule has 0 fully saturated rings. The molecule has 27 rings (SSSR count). The van der Waals surface area contributed by atoms with E-state index < -0.39 is 0 Å². The predicted molar refractivity (Wildman–Crippen MR) is 528 cm³/mol. The molecule has 0 saturated heterocycles. The Kier molecular flexibility index (Phi) is 16.2. The van der Waals surface area contributed by atoms with Gasteiger partial charge in [0.05, 0.1) is 14.2 Å². The fraction of sp³-hybridized carbons (Fsp3) is 0.0164. The number of fused-ring (bicyclic) bond motifs is 18. The Balaban J connectivity index is 0.000000103. The van der Waals surface area contributed by atoms with Crippen molar-refractivity contribution in [3.8, 4) is 145 Å². The molecule has 24 aromatic rings. The van der Waals surface area contributed by atoms with Crippen LogP contribution in [0.2, 0.25) is 0 Å². The Morgan fingerprint density at radius 2 is 0.315 bits per heavy atom. The third-order valence-electron chi connectivity index (χ3n) is 26.8. The normalized spacial score (nSPS) is 12.0. The molecule has 576 valence electrons. The lowest BCUT2D eigenvalue weighted by atomic mass is 9.82. The summed E-state index contributed by atoms with van der Waals surface area (Å²) in [6, 6.07) is 156. The van der Waals surface area contributed by atoms with Gasteiger partial charge < -0.3 is 9.47 Å². The second-order valence-electron chi connectivity index (χ2n) is 33.4. The number of ether oxygens (including phenoxy) is 2. The molecule has 0 aliphatic heterocycles. The van der Waals surface area contributed by atoms with Gasteiger partial charge in [0.15, 0.2) is 0 Å². The highest BCUT2D eigenvalue weighted by Crippen LogP contribution is 2.62. The summed E-state index contributed by atoms with van der Waals surface area (Å²) in [7, 11) is 3.42. The summed E-state index contributed by atoms with van der Waals surface area (Å²) in [5.74, 6) is 1.72. The Morgan fingerprint density at radius 3 is 0.573 bits per heavy atom. The molecule has 0 bridgehead atoms. The van der Waals surface area contributed by atoms with E-state index >= 15 is 0 Å². The minimum atomic E-state index is 0.861. The van der Waals surface area contributed by atoms with E-state index in [1.165, 1.54) is 263 Å². The molecule has 124 heavy (non-hydrogen) atoms. The molecule has 2 nitrogen and oxygen atoms in total. The number of benzene rings is 24. The van der Waals surface area contributed by atoms with Crippen LogP contribution in [0.3, 0.4) is 0 Å². The maximum atomic E-state index is 5.47. The molecule has 2 heteroatoms. The average Bonchev–Trinajstić information content (AvgIpc) is 1.52. The third-order valence-corrected chi connectivity index (χ3v) is 26.8. The molecule has 24 aromatic carbocycles. The van der Waals surface area contributed by atoms with E-state index in [-0.39, 0.29) is 0 Å². The predicted octanol–water partition coefficient (Wildman–Crippen LogP) is 33.9. The van der Waals surface area contributed by atoms with Crippen LogP contribution in [0.25, 0.3) is 263 Å². The van der Waals surface area contributed by atoms with Crippen LogP contribution in [0.5, 0.6) is 11.5 Å². The van der Waals surface area contributed by atoms with Crippen molar-refractivity contribution in [3.05, 3.63) is 425 Å². The van der Waals surface area contributed by atoms with Crippen molar-refractivity contribution < 1.29 is 9.47 Å². The van der Waals surface area contributed by atoms with Crippen molar-refractivity contribution >= 4 is 129 Å². The topological polar surface area (TPSA) is 18.5 Å². The van der Waals surface area contributed by atoms with Gasteiger partial charge in [0, 0.05) is 0 Å². The van der Waals surface area contributed by atoms with Crippen molar-refractivity contribution in [2.45, 2.75) is 0 Å². The first-order valence-electron chi connectivity index (χ1n) is 42.9. The van der Waals surface area contributed by atoms with Gasteiger partial charge in [-0.2, -0.15) is 0 Å². The Labute approximate surface area is 717 Å². The summed E-state index contributed by atoms with van der Waals surface area (Å²) in [5.41, 5.74) is 31.1. The molecule has 0 saturated carbocycles. The first-order chi connectivity index (χ1) is 61.4. The summed E-state index contributed by atoms with van der Waals surface area (Å²) in [4.78, 5) is 0. The van der Waals surface area contributed by atoms with Gasteiger partial charge in [-0.1, -0.05) is 352 Å². The summed E-state index contributed by atoms with van der Waals surface area (Å²) >= 11 is 0. The Morgan fingerprint density at radius 1 is 0.129 bits per heavy atom. The van der Waals surface area contributed by atoms with Crippen molar-refractivity contribution in [1.82, 2.24) is 0 Å². The van der Waals surface area contributed by atoms with E-state index in [4.69, 9.17) is 9.47 Å². The van der Waals surface area contributed by atoms with Gasteiger partial charge in [-0.3, -0.25) is 0 Å². The molecule has 0 atom stereocenters. The number of hydrogen-bond donors (Lipinski definition) is 0. The maximum absolute atomic E-state index is 5.47. The maximum Gasteiger partial charge on any atom is 0.118 e. The highest BCUT2D eigenvalue weighted by Gasteiger charge is 2.35. The molecule has 0 N–H and O–H groups in total. The first kappa shape index (κ1) is 71.0. The molecular formula is C122H76O2. The summed E-state index contributed by atoms with van der Waals surface area (Å²) in [6.45, 7) is 0. The van der Waals surface area contributed by atoms with Crippen LogP contribution in [0, 0.1) is 0 Å². The lowest BCUT2D eigenvalue weighted by molar-refractivity contribution is 0.415. The van der Waals surface area contributed by atoms with Crippen LogP contribution in [0.1, 0.15) is 0 Å². The second kappa shape index (κ2) is 28.3. The highest BCUT2D eigenvalue weighted by molar-refractivity contribution is 6.32. The van der Waals surface area contributed by atoms with Gasteiger partial charge in [0.25, 0.3) is 0 Å². The van der Waals surface area contributed by atoms with Crippen LogP contribution < -0.4 is 9.47 Å². The minimum Gasteiger partial charge on any atom is -0.497 e. The molecule has 0 spiro atoms. The molecule has 0 amide bonds. The van der Waals surface area contributed by atoms with E-state index in [1.807, 2.05) is 0 Å². The lowest BCUT2D eigenvalue weighted by Crippen LogP contribution is -1.94. The van der Waals surface area contributed by atoms with Crippen molar-refractivity contribution in [2.75, 3.05) is 14.2 Å².